The fourth-order valence-electron chi connectivity index (χ4n) is 33.9. The lowest BCUT2D eigenvalue weighted by molar-refractivity contribution is 0.0232. The van der Waals surface area contributed by atoms with Crippen molar-refractivity contribution in [3.05, 3.63) is 205 Å². The summed E-state index contributed by atoms with van der Waals surface area (Å²) in [6.07, 6.45) is 53.8. The molecule has 20 unspecified atom stereocenters. The van der Waals surface area contributed by atoms with Gasteiger partial charge >= 0.3 is 0 Å². The molecule has 15 aliphatic carbocycles. The van der Waals surface area contributed by atoms with Gasteiger partial charge in [0.25, 0.3) is 0 Å². The molecule has 0 aromatic heterocycles. The van der Waals surface area contributed by atoms with Crippen molar-refractivity contribution < 1.29 is 43.8 Å². The molecule has 23 rings (SSSR count). The van der Waals surface area contributed by atoms with Gasteiger partial charge in [0, 0.05) is 82.3 Å². The van der Waals surface area contributed by atoms with Gasteiger partial charge in [0.1, 0.15) is 28.7 Å². The average Bonchev–Trinajstić information content (AvgIpc) is 1.64. The number of morpholine rings is 1. The Balaban J connectivity index is 0.000000115. The van der Waals surface area contributed by atoms with Crippen LogP contribution in [0.25, 0.3) is 0 Å². The van der Waals surface area contributed by atoms with Crippen molar-refractivity contribution >= 4 is 36.0 Å². The number of rotatable bonds is 23. The number of phenolic OH excluding ortho intramolecular Hbond substituents is 4. The number of aryl methyl sites for hydroxylation is 5. The number of likely N-dealkylation sites (tertiary alicyclic amines) is 1. The van der Waals surface area contributed by atoms with Gasteiger partial charge in [-0.15, -0.1) is 0 Å². The summed E-state index contributed by atoms with van der Waals surface area (Å²) in [5.74, 6) is 17.1. The van der Waals surface area contributed by atoms with Crippen LogP contribution < -0.4 is 9.74 Å². The van der Waals surface area contributed by atoms with Crippen molar-refractivity contribution in [3.63, 3.8) is 0 Å². The number of hydrogen-bond donors (Lipinski definition) is 5. The van der Waals surface area contributed by atoms with E-state index in [1.54, 1.807) is 44.6 Å². The maximum atomic E-state index is 9.88. The maximum absolute atomic E-state index is 9.88. The number of allylic oxidation sites excluding steroid dienone is 6. The zero-order valence-corrected chi connectivity index (χ0v) is 94.9. The predicted octanol–water partition coefficient (Wildman–Crippen LogP) is 27.6. The molecule has 0 radical (unpaired) electrons. The van der Waals surface area contributed by atoms with Crippen molar-refractivity contribution in [2.45, 2.75) is 309 Å². The summed E-state index contributed by atoms with van der Waals surface area (Å²) >= 11 is 5.72. The topological polar surface area (TPSA) is 152 Å². The number of piperazine rings is 1. The first-order chi connectivity index (χ1) is 70.0. The Morgan fingerprint density at radius 3 is 1.05 bits per heavy atom. The van der Waals surface area contributed by atoms with Crippen molar-refractivity contribution in [1.82, 2.24) is 24.9 Å². The van der Waals surface area contributed by atoms with Crippen molar-refractivity contribution in [3.8, 4) is 28.7 Å². The molecule has 0 amide bonds. The molecule has 18 aliphatic rings. The van der Waals surface area contributed by atoms with Crippen LogP contribution in [0.2, 0.25) is 18.1 Å². The van der Waals surface area contributed by atoms with E-state index >= 15 is 0 Å². The highest BCUT2D eigenvalue weighted by Gasteiger charge is 2.59. The molecule has 20 atom stereocenters. The fraction of sp³-hybridized carbons (Fsp3) is 0.688. The third-order valence-electron chi connectivity index (χ3n) is 42.9. The monoisotopic (exact) mass is 2080 g/mol. The third-order valence-corrected chi connectivity index (χ3v) is 48.5. The van der Waals surface area contributed by atoms with Gasteiger partial charge in [0.15, 0.2) is 0 Å². The van der Waals surface area contributed by atoms with E-state index in [0.29, 0.717) is 67.8 Å². The molecule has 5 aromatic carbocycles. The number of halogens is 1. The van der Waals surface area contributed by atoms with E-state index < -0.39 is 8.32 Å². The van der Waals surface area contributed by atoms with Crippen molar-refractivity contribution in [1.29, 1.82) is 0 Å². The Kier molecular flexibility index (Phi) is 35.1. The van der Waals surface area contributed by atoms with Crippen LogP contribution in [0, 0.1) is 86.3 Å². The van der Waals surface area contributed by atoms with E-state index in [2.05, 4.69) is 208 Å². The second-order valence-corrected chi connectivity index (χ2v) is 57.8. The minimum absolute atomic E-state index is 0.241. The van der Waals surface area contributed by atoms with Crippen LogP contribution in [-0.4, -0.2) is 211 Å². The average molecular weight is 2080 g/mol. The Morgan fingerprint density at radius 2 is 0.717 bits per heavy atom. The molecule has 5 aromatic rings. The second-order valence-electron chi connectivity index (χ2n) is 51.3. The number of nitrogens with zero attached hydrogens (tertiary/aromatic N) is 4. The van der Waals surface area contributed by atoms with Crippen molar-refractivity contribution in [2.75, 3.05) is 162 Å². The van der Waals surface area contributed by atoms with Crippen LogP contribution in [0.3, 0.4) is 0 Å². The Bertz CT molecular complexity index is 5240. The summed E-state index contributed by atoms with van der Waals surface area (Å²) in [5.41, 5.74) is 25.5. The number of phenols is 4. The predicted molar refractivity (Wildman–Crippen MR) is 605 cm³/mol. The summed E-state index contributed by atoms with van der Waals surface area (Å²) < 4.78 is 30.1. The smallest absolute Gasteiger partial charge is 0.250 e. The van der Waals surface area contributed by atoms with Crippen molar-refractivity contribution in [2.24, 2.45) is 86.3 Å². The minimum atomic E-state index is -1.78. The summed E-state index contributed by atoms with van der Waals surface area (Å²) in [7, 11) is 2.53. The maximum Gasteiger partial charge on any atom is 0.250 e. The molecular weight excluding hydrogens is 1890 g/mol. The van der Waals surface area contributed by atoms with Gasteiger partial charge < -0.3 is 58.9 Å². The largest absolute Gasteiger partial charge is 0.543 e. The zero-order chi connectivity index (χ0) is 101. The van der Waals surface area contributed by atoms with Crippen LogP contribution in [0.15, 0.2) is 149 Å². The summed E-state index contributed by atoms with van der Waals surface area (Å²) in [4.78, 5) is 9.74. The lowest BCUT2D eigenvalue weighted by Gasteiger charge is -2.49. The van der Waals surface area contributed by atoms with Crippen LogP contribution in [0.1, 0.15) is 314 Å². The zero-order valence-electron chi connectivity index (χ0n) is 91.5. The molecule has 3 saturated heterocycles. The second kappa shape index (κ2) is 47.2. The number of fused-ring (bicyclic) bond motifs is 25. The summed E-state index contributed by atoms with van der Waals surface area (Å²) in [6.45, 7) is 44.5. The Labute approximate surface area is 889 Å². The molecule has 17 heteroatoms. The van der Waals surface area contributed by atoms with E-state index in [4.69, 9.17) is 23.4 Å². The Hall–Kier alpha value is -5.51. The summed E-state index contributed by atoms with van der Waals surface area (Å²) in [6, 6.07) is 31.6. The molecule has 3 heterocycles. The van der Waals surface area contributed by atoms with E-state index in [0.717, 1.165) is 220 Å². The normalized spacial score (nSPS) is 34.6. The number of hydrogen-bond acceptors (Lipinski definition) is 15. The van der Waals surface area contributed by atoms with Gasteiger partial charge in [0.05, 0.1) is 52.9 Å². The number of alkyl halides is 1. The lowest BCUT2D eigenvalue weighted by atomic mass is 9.55. The molecule has 5 N–H and O–H groups in total. The molecule has 794 valence electrons. The highest BCUT2D eigenvalue weighted by atomic mass is 79.9. The van der Waals surface area contributed by atoms with Gasteiger partial charge in [-0.2, -0.15) is 11.8 Å². The number of nitrogens with one attached hydrogen (secondary N) is 1. The number of aromatic hydroxyl groups is 4. The highest BCUT2D eigenvalue weighted by molar-refractivity contribution is 9.09. The van der Waals surface area contributed by atoms with Crippen LogP contribution in [0.4, 0.5) is 0 Å². The van der Waals surface area contributed by atoms with Crippen LogP contribution in [0.5, 0.6) is 28.7 Å². The quantitative estimate of drug-likeness (QED) is 0.0182. The summed E-state index contributed by atoms with van der Waals surface area (Å²) in [5, 5.41) is 44.1. The first kappa shape index (κ1) is 108. The van der Waals surface area contributed by atoms with Gasteiger partial charge in [-0.05, 0) is 483 Å². The highest BCUT2D eigenvalue weighted by Crippen LogP contribution is 2.69. The number of thioether (sulfide) groups is 1. The number of ether oxygens (including phenoxy) is 4. The molecule has 10 saturated carbocycles. The van der Waals surface area contributed by atoms with E-state index in [1.807, 2.05) is 48.5 Å². The molecule has 0 bridgehead atoms. The fourth-order valence-corrected chi connectivity index (χ4v) is 36.3. The van der Waals surface area contributed by atoms with Crippen LogP contribution in [-0.2, 0) is 51.1 Å². The van der Waals surface area contributed by atoms with Gasteiger partial charge in [-0.3, -0.25) is 9.80 Å². The van der Waals surface area contributed by atoms with Gasteiger partial charge in [-0.25, -0.2) is 0 Å². The molecule has 0 spiro atoms. The van der Waals surface area contributed by atoms with Gasteiger partial charge in [0.2, 0.25) is 8.32 Å². The lowest BCUT2D eigenvalue weighted by Crippen LogP contribution is -2.44. The molecule has 14 nitrogen and oxygen atoms in total. The molecule has 13 fully saturated rings. The first-order valence-electron chi connectivity index (χ1n) is 58.5. The van der Waals surface area contributed by atoms with Gasteiger partial charge in [-0.1, -0.05) is 160 Å². The molecular formula is C128H186BrN5O9SSi. The first-order valence-corrected chi connectivity index (χ1v) is 63.7. The minimum Gasteiger partial charge on any atom is -0.543 e. The SMILES string of the molecule is CC12CCC3c4ccc(O)cc4CCC3C1CC/C2=C\COCCN1CCCC1.CC12CCC3c4ccc(O)cc4CCC3C1CC/C2=C\COCCN1CCNCC1.CC12CCC3c4ccc(O)cc4CCC3C1CC/C2=C\COCCN1CCOCC1.CC12CCC3c4ccc(O[Si](C)(C)C(C)(C)C)cc4CCC3C1CC/C2=C\CBr.CN(C)CCSC/C=C1\CCC2C3CCc4cc(O)ccc4C3CCC12C. The molecule has 3 aliphatic heterocycles. The molecule has 145 heavy (non-hydrogen) atoms. The Morgan fingerprint density at radius 1 is 0.407 bits per heavy atom. The number of benzene rings is 5. The third kappa shape index (κ3) is 23.5. The van der Waals surface area contributed by atoms with Crippen LogP contribution >= 0.6 is 27.7 Å². The van der Waals surface area contributed by atoms with E-state index in [-0.39, 0.29) is 5.04 Å². The standard InChI is InChI=1S/C26H39BrOSi.C26H38N2O2.C26H37NO3.C26H37NO2.C24H35NOS/c1-25(2,3)29(5,6)28-20-9-11-21-18(17-20)7-10-23-22(21)13-15-26(4)19(14-16-27)8-12-24(23)26;1-26-10-8-23-22-6-4-21(29)18-19(22)2-5-24(23)25(26)7-3-20(26)9-16-30-17-15-28-13-11-27-12-14-28;1-26-10-8-23-22-6-4-21(28)18-19(22)2-5-24(23)25(26)7-3-20(26)9-14-29-15-11-27-12-16-30-17-13-27;1-26-12-10-23-22-8-6-21(28)18-19(22)4-7-24(23)25(26)9-5-20(26)11-16-29-17-15-27-13-2-3-14-27;1-24-12-10-21-20-8-6-19(26)16-17(20)4-7-22(21)23(24)9-5-18(24)11-14-27-15-13-25(2)3/h9,11,14,17,22-24H,7-8,10,12-13,15-16H2,1-6H3;4,6,9,18,23-25,27,29H,2-3,5,7-8,10-17H2,1H3;4,6,9,18,23-25,28H,2-3,5,7-8,10-17H2,1H3;6,8,11,18,23-25,28H,2-5,7,9-10,12-17H2,1H3;6,8,11,16,21-23,26H,4-5,7,9-10,12-15H2,1-3H3/b19-14+;2*20-9+;20-11+;18-11+. The van der Waals surface area contributed by atoms with E-state index in [9.17, 15) is 20.4 Å². The van der Waals surface area contributed by atoms with E-state index in [1.165, 1.54) is 250 Å².